The van der Waals surface area contributed by atoms with Crippen LogP contribution in [-0.4, -0.2) is 9.78 Å². The largest absolute Gasteiger partial charge is 0.268 e. The fourth-order valence-corrected chi connectivity index (χ4v) is 1.49. The molecule has 0 atom stereocenters. The highest BCUT2D eigenvalue weighted by molar-refractivity contribution is 5.79. The molecule has 0 saturated heterocycles. The van der Waals surface area contributed by atoms with Gasteiger partial charge in [-0.05, 0) is 18.1 Å². The maximum atomic E-state index is 13.3. The molecule has 0 aliphatic rings. The predicted molar refractivity (Wildman–Crippen MR) is 61.4 cm³/mol. The first-order valence-electron chi connectivity index (χ1n) is 5.32. The van der Waals surface area contributed by atoms with Gasteiger partial charge in [-0.25, -0.2) is 4.39 Å². The Bertz CT molecular complexity index is 446. The Kier molecular flexibility index (Phi) is 3.83. The summed E-state index contributed by atoms with van der Waals surface area (Å²) in [5.74, 6) is -0.140. The lowest BCUT2D eigenvalue weighted by Gasteiger charge is -2.00. The number of rotatable bonds is 1. The monoisotopic (exact) mass is 208 g/mol. The van der Waals surface area contributed by atoms with Crippen LogP contribution >= 0.6 is 0 Å². The molecule has 0 saturated carbocycles. The lowest BCUT2D eigenvalue weighted by molar-refractivity contribution is 0.613. The number of aromatic nitrogens is 2. The van der Waals surface area contributed by atoms with Crippen LogP contribution in [0.4, 0.5) is 4.39 Å². The van der Waals surface area contributed by atoms with Gasteiger partial charge in [0.15, 0.2) is 0 Å². The molecule has 82 valence electrons. The van der Waals surface area contributed by atoms with Gasteiger partial charge < -0.3 is 0 Å². The zero-order chi connectivity index (χ0) is 11.4. The molecule has 0 unspecified atom stereocenters. The molecule has 0 N–H and O–H groups in total. The number of nitrogens with zero attached hydrogens (tertiary/aromatic N) is 2. The van der Waals surface area contributed by atoms with Crippen molar-refractivity contribution in [1.29, 1.82) is 0 Å². The van der Waals surface area contributed by atoms with Crippen LogP contribution in [0.5, 0.6) is 0 Å². The van der Waals surface area contributed by atoms with Crippen molar-refractivity contribution < 1.29 is 4.39 Å². The summed E-state index contributed by atoms with van der Waals surface area (Å²) < 4.78 is 15.0. The lowest BCUT2D eigenvalue weighted by Crippen LogP contribution is -1.91. The third-order valence-corrected chi connectivity index (χ3v) is 2.30. The Morgan fingerprint density at radius 1 is 1.33 bits per heavy atom. The molecular formula is C12H17FN2. The highest BCUT2D eigenvalue weighted by Crippen LogP contribution is 2.18. The maximum Gasteiger partial charge on any atom is 0.128 e. The zero-order valence-electron chi connectivity index (χ0n) is 9.71. The van der Waals surface area contributed by atoms with Crippen molar-refractivity contribution in [1.82, 2.24) is 9.78 Å². The number of halogens is 1. The second-order valence-corrected chi connectivity index (χ2v) is 3.12. The van der Waals surface area contributed by atoms with Gasteiger partial charge in [0.25, 0.3) is 0 Å². The van der Waals surface area contributed by atoms with Crippen molar-refractivity contribution in [2.45, 2.75) is 27.2 Å². The number of hydrogen-bond acceptors (Lipinski definition) is 1. The van der Waals surface area contributed by atoms with Gasteiger partial charge in [-0.2, -0.15) is 5.10 Å². The summed E-state index contributed by atoms with van der Waals surface area (Å²) >= 11 is 0. The molecule has 0 spiro atoms. The van der Waals surface area contributed by atoms with Gasteiger partial charge in [0.2, 0.25) is 0 Å². The van der Waals surface area contributed by atoms with E-state index >= 15 is 0 Å². The van der Waals surface area contributed by atoms with E-state index in [1.54, 1.807) is 16.9 Å². The van der Waals surface area contributed by atoms with Gasteiger partial charge >= 0.3 is 0 Å². The average Bonchev–Trinajstić information content (AvgIpc) is 2.62. The van der Waals surface area contributed by atoms with Crippen LogP contribution < -0.4 is 0 Å². The van der Waals surface area contributed by atoms with Crippen molar-refractivity contribution in [2.24, 2.45) is 7.05 Å². The van der Waals surface area contributed by atoms with Crippen LogP contribution in [0.15, 0.2) is 18.3 Å². The standard InChI is InChI=1S/C10H11FN2.C2H6/c1-3-7-4-8-6-12-13(2)10(8)5-9(7)11;1-2/h4-6H,3H2,1-2H3;1-2H3. The highest BCUT2D eigenvalue weighted by Gasteiger charge is 2.05. The van der Waals surface area contributed by atoms with Crippen molar-refractivity contribution in [3.05, 3.63) is 29.7 Å². The van der Waals surface area contributed by atoms with Gasteiger partial charge in [-0.15, -0.1) is 0 Å². The molecule has 1 aromatic carbocycles. The fraction of sp³-hybridized carbons (Fsp3) is 0.417. The zero-order valence-corrected chi connectivity index (χ0v) is 9.71. The molecule has 2 aromatic rings. The minimum atomic E-state index is -0.140. The SMILES string of the molecule is CC.CCc1cc2cnn(C)c2cc1F. The van der Waals surface area contributed by atoms with Crippen LogP contribution in [-0.2, 0) is 13.5 Å². The van der Waals surface area contributed by atoms with Gasteiger partial charge in [-0.3, -0.25) is 4.68 Å². The first-order chi connectivity index (χ1) is 7.22. The minimum Gasteiger partial charge on any atom is -0.268 e. The number of fused-ring (bicyclic) bond motifs is 1. The Balaban J connectivity index is 0.000000531. The van der Waals surface area contributed by atoms with E-state index in [9.17, 15) is 4.39 Å². The molecule has 1 aromatic heterocycles. The number of hydrogen-bond donors (Lipinski definition) is 0. The summed E-state index contributed by atoms with van der Waals surface area (Å²) in [7, 11) is 1.81. The third-order valence-electron chi connectivity index (χ3n) is 2.30. The topological polar surface area (TPSA) is 17.8 Å². The van der Waals surface area contributed by atoms with E-state index < -0.39 is 0 Å². The Morgan fingerprint density at radius 3 is 2.60 bits per heavy atom. The average molecular weight is 208 g/mol. The van der Waals surface area contributed by atoms with Gasteiger partial charge in [-0.1, -0.05) is 20.8 Å². The van der Waals surface area contributed by atoms with Crippen LogP contribution in [0.25, 0.3) is 10.9 Å². The second kappa shape index (κ2) is 4.91. The van der Waals surface area contributed by atoms with Crippen LogP contribution in [0.3, 0.4) is 0 Å². The summed E-state index contributed by atoms with van der Waals surface area (Å²) in [4.78, 5) is 0. The Morgan fingerprint density at radius 2 is 2.00 bits per heavy atom. The minimum absolute atomic E-state index is 0.140. The lowest BCUT2D eigenvalue weighted by atomic mass is 10.1. The van der Waals surface area contributed by atoms with E-state index in [4.69, 9.17) is 0 Å². The summed E-state index contributed by atoms with van der Waals surface area (Å²) in [5, 5.41) is 5.06. The smallest absolute Gasteiger partial charge is 0.128 e. The van der Waals surface area contributed by atoms with E-state index in [1.807, 2.05) is 33.9 Å². The fourth-order valence-electron chi connectivity index (χ4n) is 1.49. The molecule has 0 radical (unpaired) electrons. The van der Waals surface area contributed by atoms with Crippen molar-refractivity contribution in [2.75, 3.05) is 0 Å². The molecule has 3 heteroatoms. The molecule has 2 nitrogen and oxygen atoms in total. The molecule has 2 rings (SSSR count). The van der Waals surface area contributed by atoms with E-state index in [0.29, 0.717) is 0 Å². The summed E-state index contributed by atoms with van der Waals surface area (Å²) in [6, 6.07) is 3.40. The molecule has 0 aliphatic heterocycles. The molecule has 0 aliphatic carbocycles. The van der Waals surface area contributed by atoms with E-state index in [0.717, 1.165) is 22.9 Å². The highest BCUT2D eigenvalue weighted by atomic mass is 19.1. The quantitative estimate of drug-likeness (QED) is 0.703. The van der Waals surface area contributed by atoms with Crippen LogP contribution in [0.2, 0.25) is 0 Å². The normalized spacial score (nSPS) is 9.93. The first-order valence-corrected chi connectivity index (χ1v) is 5.32. The molecule has 0 bridgehead atoms. The van der Waals surface area contributed by atoms with Crippen molar-refractivity contribution in [3.8, 4) is 0 Å². The summed E-state index contributed by atoms with van der Waals surface area (Å²) in [6.07, 6.45) is 2.48. The van der Waals surface area contributed by atoms with Crippen molar-refractivity contribution >= 4 is 10.9 Å². The Labute approximate surface area is 89.7 Å². The van der Waals surface area contributed by atoms with E-state index in [2.05, 4.69) is 5.10 Å². The molecule has 0 fully saturated rings. The van der Waals surface area contributed by atoms with Crippen LogP contribution in [0, 0.1) is 5.82 Å². The summed E-state index contributed by atoms with van der Waals surface area (Å²) in [5.41, 5.74) is 1.59. The molecular weight excluding hydrogens is 191 g/mol. The molecule has 15 heavy (non-hydrogen) atoms. The first kappa shape index (κ1) is 11.7. The summed E-state index contributed by atoms with van der Waals surface area (Å²) in [6.45, 7) is 5.95. The second-order valence-electron chi connectivity index (χ2n) is 3.12. The Hall–Kier alpha value is -1.38. The molecule has 0 amide bonds. The number of benzene rings is 1. The van der Waals surface area contributed by atoms with Gasteiger partial charge in [0.1, 0.15) is 5.82 Å². The van der Waals surface area contributed by atoms with Crippen LogP contribution in [0.1, 0.15) is 26.3 Å². The number of aryl methyl sites for hydroxylation is 2. The van der Waals surface area contributed by atoms with Gasteiger partial charge in [0.05, 0.1) is 11.7 Å². The molecule has 1 heterocycles. The van der Waals surface area contributed by atoms with Crippen molar-refractivity contribution in [3.63, 3.8) is 0 Å². The predicted octanol–water partition coefficient (Wildman–Crippen LogP) is 3.30. The van der Waals surface area contributed by atoms with E-state index in [-0.39, 0.29) is 5.82 Å². The third kappa shape index (κ3) is 2.17. The van der Waals surface area contributed by atoms with E-state index in [1.165, 1.54) is 0 Å². The maximum absolute atomic E-state index is 13.3. The van der Waals surface area contributed by atoms with Gasteiger partial charge in [0, 0.05) is 18.5 Å².